The molecule has 3 rings (SSSR count). The predicted octanol–water partition coefficient (Wildman–Crippen LogP) is 2.17. The van der Waals surface area contributed by atoms with Crippen LogP contribution in [0.2, 0.25) is 0 Å². The molecule has 0 saturated carbocycles. The number of benzene rings is 2. The van der Waals surface area contributed by atoms with Crippen LogP contribution in [0.5, 0.6) is 11.5 Å². The summed E-state index contributed by atoms with van der Waals surface area (Å²) in [6.45, 7) is 1.72. The number of hydrogen-bond acceptors (Lipinski definition) is 5. The van der Waals surface area contributed by atoms with Crippen LogP contribution < -0.4 is 9.47 Å². The van der Waals surface area contributed by atoms with Gasteiger partial charge < -0.3 is 19.3 Å². The van der Waals surface area contributed by atoms with Crippen LogP contribution in [0, 0.1) is 11.3 Å². The Balaban J connectivity index is 1.67. The van der Waals surface area contributed by atoms with Crippen LogP contribution in [0.4, 0.5) is 0 Å². The molecule has 2 amide bonds. The van der Waals surface area contributed by atoms with Crippen molar-refractivity contribution in [3.05, 3.63) is 59.2 Å². The van der Waals surface area contributed by atoms with Crippen molar-refractivity contribution in [2.24, 2.45) is 0 Å². The van der Waals surface area contributed by atoms with E-state index in [-0.39, 0.29) is 11.8 Å². The summed E-state index contributed by atoms with van der Waals surface area (Å²) in [5.74, 6) is 0.795. The van der Waals surface area contributed by atoms with Crippen molar-refractivity contribution in [1.82, 2.24) is 9.80 Å². The maximum Gasteiger partial charge on any atom is 0.257 e. The third-order valence-corrected chi connectivity index (χ3v) is 4.73. The molecule has 0 spiro atoms. The lowest BCUT2D eigenvalue weighted by Gasteiger charge is -2.35. The molecule has 7 nitrogen and oxygen atoms in total. The highest BCUT2D eigenvalue weighted by molar-refractivity contribution is 5.98. The van der Waals surface area contributed by atoms with E-state index in [1.54, 1.807) is 59.4 Å². The van der Waals surface area contributed by atoms with Crippen LogP contribution in [0.1, 0.15) is 26.3 Å². The second-order valence-electron chi connectivity index (χ2n) is 6.34. The highest BCUT2D eigenvalue weighted by Gasteiger charge is 2.27. The quantitative estimate of drug-likeness (QED) is 0.813. The van der Waals surface area contributed by atoms with E-state index in [0.29, 0.717) is 54.4 Å². The minimum absolute atomic E-state index is 0.133. The Labute approximate surface area is 163 Å². The monoisotopic (exact) mass is 379 g/mol. The van der Waals surface area contributed by atoms with Gasteiger partial charge in [0, 0.05) is 37.8 Å². The molecule has 0 N–H and O–H groups in total. The summed E-state index contributed by atoms with van der Waals surface area (Å²) in [4.78, 5) is 28.9. The lowest BCUT2D eigenvalue weighted by molar-refractivity contribution is 0.0533. The number of carbonyl (C=O) groups is 2. The molecule has 1 aliphatic heterocycles. The SMILES string of the molecule is COc1ccc(C(=O)N2CCN(C(=O)c3cccc(C#N)c3)CC2)c(OC)c1. The van der Waals surface area contributed by atoms with Crippen LogP contribution in [0.3, 0.4) is 0 Å². The summed E-state index contributed by atoms with van der Waals surface area (Å²) in [6.07, 6.45) is 0. The number of nitriles is 1. The van der Waals surface area contributed by atoms with Crippen molar-refractivity contribution in [3.63, 3.8) is 0 Å². The van der Waals surface area contributed by atoms with Crippen molar-refractivity contribution in [2.45, 2.75) is 0 Å². The van der Waals surface area contributed by atoms with E-state index in [1.807, 2.05) is 6.07 Å². The molecule has 0 radical (unpaired) electrons. The van der Waals surface area contributed by atoms with Crippen molar-refractivity contribution in [2.75, 3.05) is 40.4 Å². The van der Waals surface area contributed by atoms with Gasteiger partial charge in [-0.1, -0.05) is 6.07 Å². The first-order chi connectivity index (χ1) is 13.6. The van der Waals surface area contributed by atoms with Gasteiger partial charge in [-0.15, -0.1) is 0 Å². The van der Waals surface area contributed by atoms with Crippen LogP contribution in [0.15, 0.2) is 42.5 Å². The summed E-state index contributed by atoms with van der Waals surface area (Å²) in [6, 6.07) is 13.8. The van der Waals surface area contributed by atoms with Gasteiger partial charge in [-0.05, 0) is 30.3 Å². The fraction of sp³-hybridized carbons (Fsp3) is 0.286. The molecule has 144 valence electrons. The van der Waals surface area contributed by atoms with Gasteiger partial charge in [-0.3, -0.25) is 9.59 Å². The summed E-state index contributed by atoms with van der Waals surface area (Å²) in [5.41, 5.74) is 1.40. The molecular weight excluding hydrogens is 358 g/mol. The van der Waals surface area contributed by atoms with Crippen molar-refractivity contribution in [1.29, 1.82) is 5.26 Å². The van der Waals surface area contributed by atoms with Crippen LogP contribution >= 0.6 is 0 Å². The smallest absolute Gasteiger partial charge is 0.257 e. The standard InChI is InChI=1S/C21H21N3O4/c1-27-17-6-7-18(19(13-17)28-2)21(26)24-10-8-23(9-11-24)20(25)16-5-3-4-15(12-16)14-22/h3-7,12-13H,8-11H2,1-2H3. The molecule has 0 unspecified atom stereocenters. The molecular formula is C21H21N3O4. The van der Waals surface area contributed by atoms with Gasteiger partial charge in [-0.2, -0.15) is 5.26 Å². The first-order valence-electron chi connectivity index (χ1n) is 8.88. The molecule has 1 heterocycles. The van der Waals surface area contributed by atoms with E-state index in [9.17, 15) is 9.59 Å². The summed E-state index contributed by atoms with van der Waals surface area (Å²) >= 11 is 0. The van der Waals surface area contributed by atoms with Crippen LogP contribution in [-0.2, 0) is 0 Å². The zero-order chi connectivity index (χ0) is 20.1. The van der Waals surface area contributed by atoms with Gasteiger partial charge in [0.15, 0.2) is 0 Å². The Morgan fingerprint density at radius 2 is 1.61 bits per heavy atom. The minimum Gasteiger partial charge on any atom is -0.497 e. The number of methoxy groups -OCH3 is 2. The third kappa shape index (κ3) is 3.91. The normalized spacial score (nSPS) is 13.6. The Morgan fingerprint density at radius 1 is 0.929 bits per heavy atom. The summed E-state index contributed by atoms with van der Waals surface area (Å²) < 4.78 is 10.5. The molecule has 0 aromatic heterocycles. The van der Waals surface area contributed by atoms with Crippen LogP contribution in [-0.4, -0.2) is 62.0 Å². The topological polar surface area (TPSA) is 82.9 Å². The molecule has 1 fully saturated rings. The van der Waals surface area contributed by atoms with Gasteiger partial charge in [0.1, 0.15) is 11.5 Å². The first kappa shape index (κ1) is 19.2. The van der Waals surface area contributed by atoms with Gasteiger partial charge >= 0.3 is 0 Å². The Hall–Kier alpha value is -3.53. The third-order valence-electron chi connectivity index (χ3n) is 4.73. The average Bonchev–Trinajstić information content (AvgIpc) is 2.77. The highest BCUT2D eigenvalue weighted by Crippen LogP contribution is 2.26. The molecule has 1 saturated heterocycles. The van der Waals surface area contributed by atoms with E-state index in [0.717, 1.165) is 0 Å². The minimum atomic E-state index is -0.141. The summed E-state index contributed by atoms with van der Waals surface area (Å²) in [7, 11) is 3.07. The van der Waals surface area contributed by atoms with Gasteiger partial charge in [-0.25, -0.2) is 0 Å². The van der Waals surface area contributed by atoms with Crippen LogP contribution in [0.25, 0.3) is 0 Å². The molecule has 0 bridgehead atoms. The van der Waals surface area contributed by atoms with E-state index in [1.165, 1.54) is 7.11 Å². The highest BCUT2D eigenvalue weighted by atomic mass is 16.5. The number of nitrogens with zero attached hydrogens (tertiary/aromatic N) is 3. The number of hydrogen-bond donors (Lipinski definition) is 0. The molecule has 2 aromatic rings. The van der Waals surface area contributed by atoms with Crippen molar-refractivity contribution in [3.8, 4) is 17.6 Å². The molecule has 0 atom stereocenters. The number of amides is 2. The number of carbonyl (C=O) groups excluding carboxylic acids is 2. The lowest BCUT2D eigenvalue weighted by atomic mass is 10.1. The fourth-order valence-electron chi connectivity index (χ4n) is 3.16. The van der Waals surface area contributed by atoms with Crippen molar-refractivity contribution >= 4 is 11.8 Å². The van der Waals surface area contributed by atoms with Gasteiger partial charge in [0.25, 0.3) is 11.8 Å². The maximum atomic E-state index is 12.9. The van der Waals surface area contributed by atoms with E-state index < -0.39 is 0 Å². The average molecular weight is 379 g/mol. The fourth-order valence-corrected chi connectivity index (χ4v) is 3.16. The molecule has 2 aromatic carbocycles. The lowest BCUT2D eigenvalue weighted by Crippen LogP contribution is -2.50. The second kappa shape index (κ2) is 8.44. The van der Waals surface area contributed by atoms with Gasteiger partial charge in [0.05, 0.1) is 31.4 Å². The largest absolute Gasteiger partial charge is 0.497 e. The van der Waals surface area contributed by atoms with E-state index in [4.69, 9.17) is 14.7 Å². The molecule has 0 aliphatic carbocycles. The number of rotatable bonds is 4. The number of piperazine rings is 1. The molecule has 28 heavy (non-hydrogen) atoms. The number of ether oxygens (including phenoxy) is 2. The Kier molecular flexibility index (Phi) is 5.80. The predicted molar refractivity (Wildman–Crippen MR) is 103 cm³/mol. The molecule has 1 aliphatic rings. The Morgan fingerprint density at radius 3 is 2.21 bits per heavy atom. The van der Waals surface area contributed by atoms with Crippen molar-refractivity contribution < 1.29 is 19.1 Å². The Bertz CT molecular complexity index is 927. The van der Waals surface area contributed by atoms with E-state index in [2.05, 4.69) is 0 Å². The zero-order valence-electron chi connectivity index (χ0n) is 15.8. The zero-order valence-corrected chi connectivity index (χ0v) is 15.8. The first-order valence-corrected chi connectivity index (χ1v) is 8.88. The molecule has 7 heteroatoms. The van der Waals surface area contributed by atoms with E-state index >= 15 is 0 Å². The second-order valence-corrected chi connectivity index (χ2v) is 6.34. The summed E-state index contributed by atoms with van der Waals surface area (Å²) in [5, 5.41) is 9.00. The maximum absolute atomic E-state index is 12.9. The van der Waals surface area contributed by atoms with Gasteiger partial charge in [0.2, 0.25) is 0 Å².